The Hall–Kier alpha value is -3.82. The zero-order chi connectivity index (χ0) is 19.0. The molecular weight excluding hydrogens is 350 g/mol. The highest BCUT2D eigenvalue weighted by molar-refractivity contribution is 6.10. The molecule has 1 aliphatic heterocycles. The molecule has 4 rings (SSSR count). The molecule has 1 aromatic carbocycles. The summed E-state index contributed by atoms with van der Waals surface area (Å²) < 4.78 is 1.47. The SMILES string of the molecule is C[C@@]1(c2ccc(-n3cnnn3)cc2)NC(=O)N(CC(=O)c2ccc[nH]2)C1=O. The first-order valence-corrected chi connectivity index (χ1v) is 8.13. The Morgan fingerprint density at radius 3 is 2.59 bits per heavy atom. The zero-order valence-electron chi connectivity index (χ0n) is 14.3. The van der Waals surface area contributed by atoms with E-state index >= 15 is 0 Å². The number of Topliss-reactive ketones (excluding diaryl/α,β-unsaturated/α-hetero) is 1. The smallest absolute Gasteiger partial charge is 0.325 e. The van der Waals surface area contributed by atoms with Crippen molar-refractivity contribution in [3.63, 3.8) is 0 Å². The number of rotatable bonds is 5. The van der Waals surface area contributed by atoms with Crippen LogP contribution in [0, 0.1) is 0 Å². The summed E-state index contributed by atoms with van der Waals surface area (Å²) in [5, 5.41) is 13.6. The number of urea groups is 1. The molecule has 0 spiro atoms. The van der Waals surface area contributed by atoms with Gasteiger partial charge in [0.25, 0.3) is 5.91 Å². The second-order valence-corrected chi connectivity index (χ2v) is 6.25. The van der Waals surface area contributed by atoms with Crippen LogP contribution >= 0.6 is 0 Å². The highest BCUT2D eigenvalue weighted by Gasteiger charge is 2.49. The fourth-order valence-electron chi connectivity index (χ4n) is 3.00. The van der Waals surface area contributed by atoms with Gasteiger partial charge in [0.1, 0.15) is 11.9 Å². The predicted molar refractivity (Wildman–Crippen MR) is 91.9 cm³/mol. The Morgan fingerprint density at radius 2 is 1.96 bits per heavy atom. The van der Waals surface area contributed by atoms with Crippen molar-refractivity contribution in [3.05, 3.63) is 60.2 Å². The lowest BCUT2D eigenvalue weighted by Crippen LogP contribution is -2.41. The van der Waals surface area contributed by atoms with Crippen molar-refractivity contribution in [1.82, 2.24) is 35.4 Å². The monoisotopic (exact) mass is 365 g/mol. The number of benzene rings is 1. The standard InChI is InChI=1S/C17H15N7O3/c1-17(11-4-6-12(7-5-11)24-10-19-21-22-24)15(26)23(16(27)20-17)9-14(25)13-3-2-8-18-13/h2-8,10,18H,9H2,1H3,(H,20,27)/t17-/m0/s1. The van der Waals surface area contributed by atoms with Crippen LogP contribution in [0.4, 0.5) is 4.79 Å². The molecule has 3 amide bonds. The van der Waals surface area contributed by atoms with Crippen molar-refractivity contribution in [2.75, 3.05) is 6.54 Å². The number of carbonyl (C=O) groups is 3. The van der Waals surface area contributed by atoms with E-state index in [-0.39, 0.29) is 12.3 Å². The average molecular weight is 365 g/mol. The van der Waals surface area contributed by atoms with Gasteiger partial charge in [0, 0.05) is 6.20 Å². The molecule has 3 aromatic rings. The van der Waals surface area contributed by atoms with Gasteiger partial charge in [-0.2, -0.15) is 0 Å². The van der Waals surface area contributed by atoms with Crippen LogP contribution in [-0.2, 0) is 10.3 Å². The van der Waals surface area contributed by atoms with Gasteiger partial charge in [-0.05, 0) is 47.2 Å². The highest BCUT2D eigenvalue weighted by atomic mass is 16.2. The van der Waals surface area contributed by atoms with Gasteiger partial charge in [0.2, 0.25) is 0 Å². The van der Waals surface area contributed by atoms with E-state index in [1.807, 2.05) is 0 Å². The predicted octanol–water partition coefficient (Wildman–Crippen LogP) is 0.640. The number of hydrogen-bond acceptors (Lipinski definition) is 6. The van der Waals surface area contributed by atoms with Crippen molar-refractivity contribution in [1.29, 1.82) is 0 Å². The third-order valence-electron chi connectivity index (χ3n) is 4.53. The number of carbonyl (C=O) groups excluding carboxylic acids is 3. The number of imide groups is 1. The maximum Gasteiger partial charge on any atom is 0.325 e. The van der Waals surface area contributed by atoms with Crippen LogP contribution < -0.4 is 5.32 Å². The second-order valence-electron chi connectivity index (χ2n) is 6.25. The lowest BCUT2D eigenvalue weighted by atomic mass is 9.92. The molecule has 0 radical (unpaired) electrons. The maximum atomic E-state index is 12.9. The molecule has 1 fully saturated rings. The summed E-state index contributed by atoms with van der Waals surface area (Å²) in [6.45, 7) is 1.28. The first-order chi connectivity index (χ1) is 13.0. The van der Waals surface area contributed by atoms with Crippen LogP contribution in [0.3, 0.4) is 0 Å². The third kappa shape index (κ3) is 2.76. The van der Waals surface area contributed by atoms with Crippen molar-refractivity contribution < 1.29 is 14.4 Å². The van der Waals surface area contributed by atoms with Gasteiger partial charge in [-0.3, -0.25) is 14.5 Å². The minimum Gasteiger partial charge on any atom is -0.359 e. The van der Waals surface area contributed by atoms with Gasteiger partial charge in [0.15, 0.2) is 5.78 Å². The number of H-pyrrole nitrogens is 1. The van der Waals surface area contributed by atoms with Gasteiger partial charge in [-0.25, -0.2) is 9.48 Å². The van der Waals surface area contributed by atoms with E-state index < -0.39 is 17.5 Å². The number of aromatic nitrogens is 5. The number of amides is 3. The number of ketones is 1. The quantitative estimate of drug-likeness (QED) is 0.505. The van der Waals surface area contributed by atoms with Gasteiger partial charge >= 0.3 is 6.03 Å². The number of tetrazole rings is 1. The highest BCUT2D eigenvalue weighted by Crippen LogP contribution is 2.29. The fourth-order valence-corrected chi connectivity index (χ4v) is 3.00. The molecule has 27 heavy (non-hydrogen) atoms. The molecule has 2 aromatic heterocycles. The Kier molecular flexibility index (Phi) is 3.80. The van der Waals surface area contributed by atoms with E-state index in [9.17, 15) is 14.4 Å². The number of nitrogens with one attached hydrogen (secondary N) is 2. The van der Waals surface area contributed by atoms with E-state index in [0.717, 1.165) is 4.90 Å². The van der Waals surface area contributed by atoms with E-state index in [1.54, 1.807) is 49.5 Å². The summed E-state index contributed by atoms with van der Waals surface area (Å²) in [7, 11) is 0. The minimum atomic E-state index is -1.26. The molecule has 1 aliphatic rings. The molecule has 0 aliphatic carbocycles. The van der Waals surface area contributed by atoms with Gasteiger partial charge in [0.05, 0.1) is 17.9 Å². The van der Waals surface area contributed by atoms with E-state index in [2.05, 4.69) is 25.8 Å². The largest absolute Gasteiger partial charge is 0.359 e. The van der Waals surface area contributed by atoms with E-state index in [1.165, 1.54) is 11.0 Å². The Bertz CT molecular complexity index is 996. The van der Waals surface area contributed by atoms with Crippen LogP contribution in [0.5, 0.6) is 0 Å². The molecule has 1 saturated heterocycles. The van der Waals surface area contributed by atoms with Crippen LogP contribution in [0.25, 0.3) is 5.69 Å². The van der Waals surface area contributed by atoms with E-state index in [0.29, 0.717) is 16.9 Å². The molecule has 3 heterocycles. The summed E-state index contributed by atoms with van der Waals surface area (Å²) in [5.74, 6) is -0.829. The first-order valence-electron chi connectivity index (χ1n) is 8.13. The molecule has 0 unspecified atom stereocenters. The van der Waals surface area contributed by atoms with Gasteiger partial charge < -0.3 is 10.3 Å². The molecule has 0 saturated carbocycles. The lowest BCUT2D eigenvalue weighted by molar-refractivity contribution is -0.130. The van der Waals surface area contributed by atoms with E-state index in [4.69, 9.17) is 0 Å². The first kappa shape index (κ1) is 16.6. The summed E-state index contributed by atoms with van der Waals surface area (Å²) in [6.07, 6.45) is 3.06. The summed E-state index contributed by atoms with van der Waals surface area (Å²) in [6, 6.07) is 9.57. The molecule has 2 N–H and O–H groups in total. The third-order valence-corrected chi connectivity index (χ3v) is 4.53. The molecule has 0 bridgehead atoms. The molecule has 136 valence electrons. The lowest BCUT2D eigenvalue weighted by Gasteiger charge is -2.22. The Morgan fingerprint density at radius 1 is 1.19 bits per heavy atom. The number of nitrogens with zero attached hydrogens (tertiary/aromatic N) is 5. The Labute approximate surface area is 153 Å². The van der Waals surface area contributed by atoms with Gasteiger partial charge in [-0.1, -0.05) is 12.1 Å². The van der Waals surface area contributed by atoms with Crippen LogP contribution in [0.2, 0.25) is 0 Å². The second kappa shape index (κ2) is 6.16. The molecular formula is C17H15N7O3. The van der Waals surface area contributed by atoms with Crippen molar-refractivity contribution in [3.8, 4) is 5.69 Å². The minimum absolute atomic E-state index is 0.330. The van der Waals surface area contributed by atoms with Gasteiger partial charge in [-0.15, -0.1) is 5.10 Å². The zero-order valence-corrected chi connectivity index (χ0v) is 14.3. The van der Waals surface area contributed by atoms with Crippen molar-refractivity contribution in [2.24, 2.45) is 0 Å². The average Bonchev–Trinajstić information content (AvgIpc) is 3.41. The topological polar surface area (TPSA) is 126 Å². The van der Waals surface area contributed by atoms with Crippen molar-refractivity contribution in [2.45, 2.75) is 12.5 Å². The number of aromatic amines is 1. The summed E-state index contributed by atoms with van der Waals surface area (Å²) >= 11 is 0. The van der Waals surface area contributed by atoms with Crippen LogP contribution in [-0.4, -0.2) is 54.4 Å². The summed E-state index contributed by atoms with van der Waals surface area (Å²) in [4.78, 5) is 41.2. The van der Waals surface area contributed by atoms with Crippen molar-refractivity contribution >= 4 is 17.7 Å². The molecule has 1 atom stereocenters. The maximum absolute atomic E-state index is 12.9. The normalized spacial score (nSPS) is 19.4. The van der Waals surface area contributed by atoms with Crippen LogP contribution in [0.1, 0.15) is 23.0 Å². The molecule has 10 nitrogen and oxygen atoms in total. The van der Waals surface area contributed by atoms with Crippen LogP contribution in [0.15, 0.2) is 48.9 Å². The Balaban J connectivity index is 1.57. The number of hydrogen-bond donors (Lipinski definition) is 2. The summed E-state index contributed by atoms with van der Waals surface area (Å²) in [5.41, 5.74) is 0.386. The fraction of sp³-hybridized carbons (Fsp3) is 0.176. The molecule has 10 heteroatoms.